The lowest BCUT2D eigenvalue weighted by Gasteiger charge is -2.15. The minimum absolute atomic E-state index is 0.208. The van der Waals surface area contributed by atoms with Crippen molar-refractivity contribution in [1.29, 1.82) is 0 Å². The van der Waals surface area contributed by atoms with Crippen molar-refractivity contribution in [3.63, 3.8) is 0 Å². The van der Waals surface area contributed by atoms with Crippen LogP contribution in [-0.2, 0) is 16.6 Å². The summed E-state index contributed by atoms with van der Waals surface area (Å²) in [4.78, 5) is 0.494. The maximum absolute atomic E-state index is 12.7. The summed E-state index contributed by atoms with van der Waals surface area (Å²) in [5, 5.41) is 4.25. The largest absolute Gasteiger partial charge is 0.320 e. The summed E-state index contributed by atoms with van der Waals surface area (Å²) in [5.74, 6) is -4.39. The lowest BCUT2D eigenvalue weighted by Crippen LogP contribution is -2.41. The Morgan fingerprint density at radius 3 is 2.60 bits per heavy atom. The van der Waals surface area contributed by atoms with Gasteiger partial charge in [-0.25, -0.2) is 21.9 Å². The first-order chi connectivity index (χ1) is 9.19. The third-order valence-electron chi connectivity index (χ3n) is 2.31. The summed E-state index contributed by atoms with van der Waals surface area (Å²) in [6, 6.07) is 1.32. The van der Waals surface area contributed by atoms with E-state index >= 15 is 0 Å². The second-order valence-corrected chi connectivity index (χ2v) is 6.68. The Balaban J connectivity index is 2.72. The first-order valence-electron chi connectivity index (χ1n) is 5.63. The molecule has 0 aliphatic carbocycles. The highest BCUT2D eigenvalue weighted by Gasteiger charge is 2.41. The highest BCUT2D eigenvalue weighted by Crippen LogP contribution is 2.23. The molecule has 1 rings (SSSR count). The molecule has 0 saturated heterocycles. The van der Waals surface area contributed by atoms with Gasteiger partial charge in [-0.1, -0.05) is 6.92 Å². The molecule has 1 aromatic heterocycles. The second-order valence-electron chi connectivity index (χ2n) is 3.92. The maximum atomic E-state index is 12.7. The zero-order valence-corrected chi connectivity index (χ0v) is 12.1. The number of sulfonamides is 1. The fraction of sp³-hybridized carbons (Fsp3) is 0.600. The van der Waals surface area contributed by atoms with Crippen molar-refractivity contribution in [1.82, 2.24) is 10.0 Å². The van der Waals surface area contributed by atoms with Crippen molar-refractivity contribution in [2.24, 2.45) is 0 Å². The Kier molecular flexibility index (Phi) is 5.92. The molecular formula is C10H14F4N2O2S2. The molecule has 1 heterocycles. The minimum Gasteiger partial charge on any atom is -0.312 e. The van der Waals surface area contributed by atoms with E-state index in [1.54, 1.807) is 0 Å². The fourth-order valence-corrected chi connectivity index (χ4v) is 3.48. The van der Waals surface area contributed by atoms with Gasteiger partial charge in [-0.2, -0.15) is 8.78 Å². The van der Waals surface area contributed by atoms with E-state index in [9.17, 15) is 26.0 Å². The molecule has 0 aliphatic heterocycles. The third kappa shape index (κ3) is 4.69. The van der Waals surface area contributed by atoms with E-state index in [1.807, 2.05) is 6.92 Å². The van der Waals surface area contributed by atoms with Crippen molar-refractivity contribution in [3.8, 4) is 0 Å². The molecule has 0 aliphatic rings. The number of nitrogens with one attached hydrogen (secondary N) is 2. The third-order valence-corrected chi connectivity index (χ3v) is 4.77. The van der Waals surface area contributed by atoms with E-state index in [0.717, 1.165) is 11.3 Å². The highest BCUT2D eigenvalue weighted by atomic mass is 32.2. The van der Waals surface area contributed by atoms with Crippen molar-refractivity contribution in [2.75, 3.05) is 13.1 Å². The van der Waals surface area contributed by atoms with Crippen LogP contribution >= 0.6 is 11.3 Å². The van der Waals surface area contributed by atoms with Gasteiger partial charge in [0.05, 0.1) is 11.4 Å². The van der Waals surface area contributed by atoms with Gasteiger partial charge in [0.25, 0.3) is 0 Å². The molecule has 10 heteroatoms. The smallest absolute Gasteiger partial charge is 0.312 e. The van der Waals surface area contributed by atoms with E-state index in [-0.39, 0.29) is 4.90 Å². The molecule has 4 nitrogen and oxygen atoms in total. The Hall–Kier alpha value is -0.710. The molecule has 0 atom stereocenters. The maximum Gasteiger partial charge on any atom is 0.320 e. The van der Waals surface area contributed by atoms with Crippen LogP contribution in [0.5, 0.6) is 0 Å². The van der Waals surface area contributed by atoms with Crippen molar-refractivity contribution < 1.29 is 26.0 Å². The molecule has 0 spiro atoms. The van der Waals surface area contributed by atoms with Crippen LogP contribution in [-0.4, -0.2) is 33.9 Å². The van der Waals surface area contributed by atoms with Gasteiger partial charge in [0.2, 0.25) is 10.0 Å². The fourth-order valence-electron chi connectivity index (χ4n) is 1.19. The molecule has 0 aromatic carbocycles. The van der Waals surface area contributed by atoms with Crippen molar-refractivity contribution in [2.45, 2.75) is 30.7 Å². The van der Waals surface area contributed by atoms with E-state index in [4.69, 9.17) is 0 Å². The van der Waals surface area contributed by atoms with Gasteiger partial charge in [0.1, 0.15) is 0 Å². The van der Waals surface area contributed by atoms with Gasteiger partial charge < -0.3 is 5.32 Å². The number of rotatable bonds is 8. The molecule has 116 valence electrons. The first kappa shape index (κ1) is 17.3. The lowest BCUT2D eigenvalue weighted by atomic mass is 10.4. The number of alkyl halides is 4. The van der Waals surface area contributed by atoms with Crippen LogP contribution in [0.25, 0.3) is 0 Å². The summed E-state index contributed by atoms with van der Waals surface area (Å²) in [5.41, 5.74) is 0. The first-order valence-corrected chi connectivity index (χ1v) is 7.99. The highest BCUT2D eigenvalue weighted by molar-refractivity contribution is 7.89. The zero-order chi connectivity index (χ0) is 15.4. The molecule has 0 amide bonds. The predicted molar refractivity (Wildman–Crippen MR) is 67.8 cm³/mol. The molecule has 20 heavy (non-hydrogen) atoms. The van der Waals surface area contributed by atoms with Gasteiger partial charge in [-0.3, -0.25) is 0 Å². The standard InChI is InChI=1S/C10H14F4N2O2S2/c1-2-15-4-7-3-8(5-19-7)20(17,18)16-6-10(13,14)9(11)12/h3,5,9,15-16H,2,4,6H2,1H3. The summed E-state index contributed by atoms with van der Waals surface area (Å²) in [7, 11) is -4.21. The van der Waals surface area contributed by atoms with Crippen LogP contribution in [0.15, 0.2) is 16.3 Å². The molecular weight excluding hydrogens is 320 g/mol. The summed E-state index contributed by atoms with van der Waals surface area (Å²) in [6.07, 6.45) is -3.92. The zero-order valence-electron chi connectivity index (χ0n) is 10.5. The van der Waals surface area contributed by atoms with Gasteiger partial charge >= 0.3 is 12.3 Å². The Morgan fingerprint density at radius 2 is 2.05 bits per heavy atom. The number of thiophene rings is 1. The Morgan fingerprint density at radius 1 is 1.40 bits per heavy atom. The Labute approximate surface area is 118 Å². The molecule has 0 saturated carbocycles. The van der Waals surface area contributed by atoms with Gasteiger partial charge in [-0.15, -0.1) is 11.3 Å². The van der Waals surface area contributed by atoms with E-state index in [2.05, 4.69) is 5.32 Å². The SMILES string of the molecule is CCNCc1cc(S(=O)(=O)NCC(F)(F)C(F)F)cs1. The summed E-state index contributed by atoms with van der Waals surface area (Å²) >= 11 is 1.14. The molecule has 0 bridgehead atoms. The van der Waals surface area contributed by atoms with Crippen molar-refractivity contribution in [3.05, 3.63) is 16.3 Å². The monoisotopic (exact) mass is 334 g/mol. The average molecular weight is 334 g/mol. The van der Waals surface area contributed by atoms with Gasteiger partial charge in [-0.05, 0) is 12.6 Å². The van der Waals surface area contributed by atoms with Crippen LogP contribution in [0, 0.1) is 0 Å². The summed E-state index contributed by atoms with van der Waals surface area (Å²) < 4.78 is 74.1. The molecule has 1 aromatic rings. The minimum atomic E-state index is -4.39. The van der Waals surface area contributed by atoms with Gasteiger partial charge in [0, 0.05) is 16.8 Å². The summed E-state index contributed by atoms with van der Waals surface area (Å²) in [6.45, 7) is 1.38. The van der Waals surface area contributed by atoms with Gasteiger partial charge in [0.15, 0.2) is 0 Å². The normalized spacial score (nSPS) is 13.1. The average Bonchev–Trinajstić information content (AvgIpc) is 2.83. The van der Waals surface area contributed by atoms with E-state index < -0.39 is 28.9 Å². The van der Waals surface area contributed by atoms with Crippen LogP contribution < -0.4 is 10.0 Å². The van der Waals surface area contributed by atoms with E-state index in [1.165, 1.54) is 16.2 Å². The van der Waals surface area contributed by atoms with Crippen LogP contribution in [0.1, 0.15) is 11.8 Å². The number of halogens is 4. The molecule has 2 N–H and O–H groups in total. The quantitative estimate of drug-likeness (QED) is 0.715. The van der Waals surface area contributed by atoms with Crippen LogP contribution in [0.2, 0.25) is 0 Å². The molecule has 0 fully saturated rings. The Bertz CT molecular complexity index is 531. The topological polar surface area (TPSA) is 58.2 Å². The van der Waals surface area contributed by atoms with Crippen molar-refractivity contribution >= 4 is 21.4 Å². The van der Waals surface area contributed by atoms with E-state index in [0.29, 0.717) is 18.0 Å². The molecule has 0 radical (unpaired) electrons. The van der Waals surface area contributed by atoms with Crippen LogP contribution in [0.3, 0.4) is 0 Å². The number of hydrogen-bond acceptors (Lipinski definition) is 4. The second kappa shape index (κ2) is 6.83. The predicted octanol–water partition coefficient (Wildman–Crippen LogP) is 2.04. The molecule has 0 unspecified atom stereocenters. The lowest BCUT2D eigenvalue weighted by molar-refractivity contribution is -0.122. The number of hydrogen-bond donors (Lipinski definition) is 2. The van der Waals surface area contributed by atoms with Crippen LogP contribution in [0.4, 0.5) is 17.6 Å².